The molecule has 7 rings (SSSR count). The lowest BCUT2D eigenvalue weighted by Crippen LogP contribution is -2.67. The fourth-order valence-electron chi connectivity index (χ4n) is 11.4. The molecule has 5 aliphatic carbocycles. The first-order chi connectivity index (χ1) is 15.8. The van der Waals surface area contributed by atoms with Crippen LogP contribution in [0.1, 0.15) is 92.9 Å². The molecule has 0 aromatic carbocycles. The highest BCUT2D eigenvalue weighted by molar-refractivity contribution is 5.79. The highest BCUT2D eigenvalue weighted by Crippen LogP contribution is 2.76. The fourth-order valence-corrected chi connectivity index (χ4v) is 11.4. The normalized spacial score (nSPS) is 57.8. The number of ether oxygens (including phenoxy) is 1. The average molecular weight is 471 g/mol. The molecule has 0 radical (unpaired) electrons. The second kappa shape index (κ2) is 6.91. The molecule has 190 valence electrons. The van der Waals surface area contributed by atoms with Gasteiger partial charge in [0.2, 0.25) is 0 Å². The highest BCUT2D eigenvalue weighted by atomic mass is 16.5. The number of fused-ring (bicyclic) bond motifs is 8. The zero-order chi connectivity index (χ0) is 24.5. The van der Waals surface area contributed by atoms with E-state index in [1.807, 2.05) is 0 Å². The fraction of sp³-hybridized carbons (Fsp3) is 0.900. The first-order valence-corrected chi connectivity index (χ1v) is 14.1. The second-order valence-corrected chi connectivity index (χ2v) is 14.7. The lowest BCUT2D eigenvalue weighted by atomic mass is 9.33. The maximum atomic E-state index is 13.4. The Hall–Kier alpha value is -0.870. The van der Waals surface area contributed by atoms with Gasteiger partial charge in [0.05, 0.1) is 24.2 Å². The van der Waals surface area contributed by atoms with Crippen molar-refractivity contribution in [3.05, 3.63) is 11.6 Å². The Kier molecular flexibility index (Phi) is 4.78. The molecule has 2 bridgehead atoms. The van der Waals surface area contributed by atoms with Crippen molar-refractivity contribution in [1.82, 2.24) is 0 Å². The van der Waals surface area contributed by atoms with E-state index >= 15 is 0 Å². The number of carbonyl (C=O) groups is 1. The van der Waals surface area contributed by atoms with E-state index in [1.54, 1.807) is 5.57 Å². The van der Waals surface area contributed by atoms with Crippen molar-refractivity contribution in [2.24, 2.45) is 56.7 Å². The molecule has 11 atom stereocenters. The van der Waals surface area contributed by atoms with Gasteiger partial charge in [-0.15, -0.1) is 0 Å². The molecule has 4 saturated carbocycles. The molecule has 2 saturated heterocycles. The molecule has 2 aliphatic heterocycles. The zero-order valence-electron chi connectivity index (χ0n) is 22.2. The summed E-state index contributed by atoms with van der Waals surface area (Å²) in [6.45, 7) is 14.9. The van der Waals surface area contributed by atoms with Crippen LogP contribution >= 0.6 is 0 Å². The van der Waals surface area contributed by atoms with Gasteiger partial charge in [-0.25, -0.2) is 0 Å². The monoisotopic (exact) mass is 470 g/mol. The topological polar surface area (TPSA) is 66.8 Å². The lowest BCUT2D eigenvalue weighted by molar-refractivity contribution is -0.231. The summed E-state index contributed by atoms with van der Waals surface area (Å²) < 4.78 is 5.88. The minimum atomic E-state index is -0.654. The quantitative estimate of drug-likeness (QED) is 0.362. The summed E-state index contributed by atoms with van der Waals surface area (Å²) in [6, 6.07) is 0. The first kappa shape index (κ1) is 23.5. The van der Waals surface area contributed by atoms with Crippen LogP contribution in [-0.4, -0.2) is 35.0 Å². The summed E-state index contributed by atoms with van der Waals surface area (Å²) in [5, 5.41) is 21.9. The predicted octanol–water partition coefficient (Wildman–Crippen LogP) is 5.51. The summed E-state index contributed by atoms with van der Waals surface area (Å²) in [5.74, 6) is 2.27. The lowest BCUT2D eigenvalue weighted by Gasteiger charge is -2.71. The van der Waals surface area contributed by atoms with Crippen molar-refractivity contribution in [2.45, 2.75) is 105 Å². The highest BCUT2D eigenvalue weighted by Gasteiger charge is 2.71. The molecule has 2 heterocycles. The van der Waals surface area contributed by atoms with Crippen LogP contribution in [0.5, 0.6) is 0 Å². The van der Waals surface area contributed by atoms with Crippen LogP contribution in [0, 0.1) is 56.7 Å². The predicted molar refractivity (Wildman–Crippen MR) is 132 cm³/mol. The SMILES string of the molecule is C[C@H]1[C@@H]2CC[C@@]3(CC[C@]4(C)C(=CC[C@@H]5[C@@]6(C)C[C@@H](O)[C@H](O)C(C)(C)[C@@H]6CC[C@]54C)[C@H]13)C(=O)OC2. The Balaban J connectivity index is 1.46. The van der Waals surface area contributed by atoms with Crippen LogP contribution in [0.2, 0.25) is 0 Å². The van der Waals surface area contributed by atoms with E-state index in [0.29, 0.717) is 42.6 Å². The molecule has 34 heavy (non-hydrogen) atoms. The van der Waals surface area contributed by atoms with Crippen molar-refractivity contribution in [3.63, 3.8) is 0 Å². The summed E-state index contributed by atoms with van der Waals surface area (Å²) in [5.41, 5.74) is 1.19. The van der Waals surface area contributed by atoms with Gasteiger partial charge >= 0.3 is 5.97 Å². The maximum absolute atomic E-state index is 13.4. The molecule has 7 aliphatic rings. The first-order valence-electron chi connectivity index (χ1n) is 14.1. The van der Waals surface area contributed by atoms with Crippen LogP contribution in [0.25, 0.3) is 0 Å². The van der Waals surface area contributed by atoms with Gasteiger partial charge in [-0.05, 0) is 103 Å². The molecule has 2 N–H and O–H groups in total. The van der Waals surface area contributed by atoms with Gasteiger partial charge in [-0.3, -0.25) is 4.79 Å². The van der Waals surface area contributed by atoms with Crippen LogP contribution in [-0.2, 0) is 9.53 Å². The third kappa shape index (κ3) is 2.51. The minimum absolute atomic E-state index is 0.00231. The van der Waals surface area contributed by atoms with E-state index in [1.165, 1.54) is 6.42 Å². The van der Waals surface area contributed by atoms with Gasteiger partial charge in [-0.1, -0.05) is 53.2 Å². The van der Waals surface area contributed by atoms with Gasteiger partial charge in [0.1, 0.15) is 0 Å². The molecule has 0 amide bonds. The number of hydrogen-bond acceptors (Lipinski definition) is 4. The molecule has 0 aromatic heterocycles. The molecule has 0 aromatic rings. The largest absolute Gasteiger partial charge is 0.465 e. The summed E-state index contributed by atoms with van der Waals surface area (Å²) in [7, 11) is 0. The molecule has 4 nitrogen and oxygen atoms in total. The number of hydrogen-bond donors (Lipinski definition) is 2. The Labute approximate surface area is 205 Å². The van der Waals surface area contributed by atoms with Gasteiger partial charge in [-0.2, -0.15) is 0 Å². The van der Waals surface area contributed by atoms with Crippen LogP contribution < -0.4 is 0 Å². The van der Waals surface area contributed by atoms with Crippen molar-refractivity contribution in [3.8, 4) is 0 Å². The number of aliphatic hydroxyl groups is 2. The number of allylic oxidation sites excluding steroid dienone is 2. The van der Waals surface area contributed by atoms with E-state index in [2.05, 4.69) is 47.6 Å². The third-order valence-electron chi connectivity index (χ3n) is 13.5. The number of carbonyl (C=O) groups excluding carboxylic acids is 1. The standard InChI is InChI=1S/C30H46O4/c1-17-18-9-12-30(25(33)34-16-18)14-13-28(5)19(23(17)30)7-8-22-27(4)15-20(31)24(32)26(2,3)21(27)10-11-29(22,28)6/h7,17-18,20-24,31-32H,8-16H2,1-6H3/t17-,18+,20+,21-,22+,23-,24-,27-,28+,29+,30-/m0/s1. The van der Waals surface area contributed by atoms with Gasteiger partial charge in [0.25, 0.3) is 0 Å². The maximum Gasteiger partial charge on any atom is 0.312 e. The van der Waals surface area contributed by atoms with Crippen molar-refractivity contribution in [1.29, 1.82) is 0 Å². The van der Waals surface area contributed by atoms with Crippen molar-refractivity contribution < 1.29 is 19.7 Å². The Morgan fingerprint density at radius 1 is 0.971 bits per heavy atom. The molecule has 4 heteroatoms. The van der Waals surface area contributed by atoms with E-state index in [0.717, 1.165) is 38.5 Å². The molecule has 0 unspecified atom stereocenters. The van der Waals surface area contributed by atoms with E-state index in [9.17, 15) is 15.0 Å². The third-order valence-corrected chi connectivity index (χ3v) is 13.5. The van der Waals surface area contributed by atoms with Crippen molar-refractivity contribution in [2.75, 3.05) is 6.61 Å². The van der Waals surface area contributed by atoms with E-state index in [4.69, 9.17) is 4.74 Å². The van der Waals surface area contributed by atoms with Crippen LogP contribution in [0.15, 0.2) is 11.6 Å². The number of esters is 1. The van der Waals surface area contributed by atoms with Gasteiger partial charge in [0.15, 0.2) is 0 Å². The number of aliphatic hydroxyl groups excluding tert-OH is 2. The second-order valence-electron chi connectivity index (χ2n) is 14.7. The molecule has 6 fully saturated rings. The van der Waals surface area contributed by atoms with E-state index < -0.39 is 12.2 Å². The molecule has 1 spiro atoms. The Morgan fingerprint density at radius 2 is 1.71 bits per heavy atom. The van der Waals surface area contributed by atoms with E-state index in [-0.39, 0.29) is 33.0 Å². The zero-order valence-corrected chi connectivity index (χ0v) is 22.2. The average Bonchev–Trinajstić information content (AvgIpc) is 2.98. The summed E-state index contributed by atoms with van der Waals surface area (Å²) >= 11 is 0. The summed E-state index contributed by atoms with van der Waals surface area (Å²) in [4.78, 5) is 13.4. The number of rotatable bonds is 0. The van der Waals surface area contributed by atoms with Crippen molar-refractivity contribution >= 4 is 5.97 Å². The van der Waals surface area contributed by atoms with Crippen LogP contribution in [0.4, 0.5) is 0 Å². The molecular weight excluding hydrogens is 424 g/mol. The molecular formula is C30H46O4. The Morgan fingerprint density at radius 3 is 2.44 bits per heavy atom. The van der Waals surface area contributed by atoms with Gasteiger partial charge in [0, 0.05) is 0 Å². The summed E-state index contributed by atoms with van der Waals surface area (Å²) in [6.07, 6.45) is 9.41. The minimum Gasteiger partial charge on any atom is -0.465 e. The van der Waals surface area contributed by atoms with Crippen LogP contribution in [0.3, 0.4) is 0 Å². The Bertz CT molecular complexity index is 938. The van der Waals surface area contributed by atoms with Gasteiger partial charge < -0.3 is 14.9 Å². The smallest absolute Gasteiger partial charge is 0.312 e.